The zero-order valence-electron chi connectivity index (χ0n) is 17.9. The maximum Gasteiger partial charge on any atom is 0.267 e. The number of rotatable bonds is 6. The lowest BCUT2D eigenvalue weighted by molar-refractivity contribution is -0.117. The number of hydrogen-bond acceptors (Lipinski definition) is 5. The molecule has 1 aromatic heterocycles. The van der Waals surface area contributed by atoms with Crippen molar-refractivity contribution in [1.29, 1.82) is 0 Å². The van der Waals surface area contributed by atoms with Crippen LogP contribution in [-0.2, 0) is 21.2 Å². The van der Waals surface area contributed by atoms with Crippen LogP contribution in [0.25, 0.3) is 0 Å². The third-order valence-corrected chi connectivity index (χ3v) is 6.72. The summed E-state index contributed by atoms with van der Waals surface area (Å²) in [4.78, 5) is 24.6. The van der Waals surface area contributed by atoms with E-state index in [9.17, 15) is 18.0 Å². The highest BCUT2D eigenvalue weighted by molar-refractivity contribution is 7.91. The predicted octanol–water partition coefficient (Wildman–Crippen LogP) is 3.46. The SMILES string of the molecule is Cc1ccc(NC(=O)Cn2nc(S(=O)(=O)c3ccc(C(C)C)cc3)ccc2=O)cc1C. The van der Waals surface area contributed by atoms with Crippen molar-refractivity contribution in [2.24, 2.45) is 0 Å². The fraction of sp³-hybridized carbons (Fsp3) is 0.261. The Balaban J connectivity index is 1.84. The standard InChI is InChI=1S/C23H25N3O4S/c1-15(2)18-6-9-20(10-7-18)31(29,30)22-11-12-23(28)26(25-22)14-21(27)24-19-8-5-16(3)17(4)13-19/h5-13,15H,14H2,1-4H3,(H,24,27). The zero-order valence-corrected chi connectivity index (χ0v) is 18.7. The monoisotopic (exact) mass is 439 g/mol. The summed E-state index contributed by atoms with van der Waals surface area (Å²) in [5.74, 6) is -0.207. The van der Waals surface area contributed by atoms with E-state index in [0.29, 0.717) is 5.69 Å². The van der Waals surface area contributed by atoms with Crippen LogP contribution in [0.1, 0.15) is 36.5 Å². The minimum absolute atomic E-state index is 0.0779. The predicted molar refractivity (Wildman–Crippen MR) is 119 cm³/mol. The molecule has 0 aliphatic carbocycles. The molecule has 0 saturated heterocycles. The van der Waals surface area contributed by atoms with Gasteiger partial charge in [0.05, 0.1) is 4.90 Å². The second-order valence-corrected chi connectivity index (χ2v) is 9.64. The molecular weight excluding hydrogens is 414 g/mol. The summed E-state index contributed by atoms with van der Waals surface area (Å²) in [6.07, 6.45) is 0. The molecule has 1 amide bonds. The van der Waals surface area contributed by atoms with Gasteiger partial charge in [0.15, 0.2) is 5.03 Å². The van der Waals surface area contributed by atoms with E-state index in [0.717, 1.165) is 33.5 Å². The Morgan fingerprint density at radius 2 is 1.68 bits per heavy atom. The van der Waals surface area contributed by atoms with Crippen LogP contribution in [0.5, 0.6) is 0 Å². The molecule has 7 nitrogen and oxygen atoms in total. The van der Waals surface area contributed by atoms with Crippen LogP contribution in [0.2, 0.25) is 0 Å². The molecular formula is C23H25N3O4S. The molecule has 0 bridgehead atoms. The van der Waals surface area contributed by atoms with E-state index in [1.165, 1.54) is 12.1 Å². The molecule has 0 saturated carbocycles. The van der Waals surface area contributed by atoms with Crippen molar-refractivity contribution in [3.63, 3.8) is 0 Å². The van der Waals surface area contributed by atoms with E-state index in [4.69, 9.17) is 0 Å². The van der Waals surface area contributed by atoms with Gasteiger partial charge in [-0.05, 0) is 66.8 Å². The summed E-state index contributed by atoms with van der Waals surface area (Å²) in [6, 6.07) is 14.3. The van der Waals surface area contributed by atoms with E-state index in [2.05, 4.69) is 10.4 Å². The maximum atomic E-state index is 12.9. The molecule has 0 aliphatic rings. The van der Waals surface area contributed by atoms with Gasteiger partial charge in [-0.3, -0.25) is 9.59 Å². The lowest BCUT2D eigenvalue weighted by Crippen LogP contribution is -2.30. The average molecular weight is 440 g/mol. The molecule has 31 heavy (non-hydrogen) atoms. The normalized spacial score (nSPS) is 11.5. The van der Waals surface area contributed by atoms with Gasteiger partial charge in [0.25, 0.3) is 5.56 Å². The maximum absolute atomic E-state index is 12.9. The Kier molecular flexibility index (Phi) is 6.40. The van der Waals surface area contributed by atoms with E-state index >= 15 is 0 Å². The molecule has 3 aromatic rings. The largest absolute Gasteiger partial charge is 0.324 e. The van der Waals surface area contributed by atoms with E-state index < -0.39 is 27.8 Å². The number of nitrogens with zero attached hydrogens (tertiary/aromatic N) is 2. The number of anilines is 1. The lowest BCUT2D eigenvalue weighted by atomic mass is 10.0. The summed E-state index contributed by atoms with van der Waals surface area (Å²) in [7, 11) is -3.93. The summed E-state index contributed by atoms with van der Waals surface area (Å²) in [5, 5.41) is 6.36. The Labute approximate surface area is 181 Å². The van der Waals surface area contributed by atoms with Crippen molar-refractivity contribution in [3.8, 4) is 0 Å². The fourth-order valence-electron chi connectivity index (χ4n) is 3.00. The Bertz CT molecular complexity index is 1280. The van der Waals surface area contributed by atoms with Crippen LogP contribution in [0.3, 0.4) is 0 Å². The number of carbonyl (C=O) groups excluding carboxylic acids is 1. The van der Waals surface area contributed by atoms with Gasteiger partial charge in [0.2, 0.25) is 15.7 Å². The van der Waals surface area contributed by atoms with Gasteiger partial charge >= 0.3 is 0 Å². The number of amides is 1. The lowest BCUT2D eigenvalue weighted by Gasteiger charge is -2.10. The number of benzene rings is 2. The van der Waals surface area contributed by atoms with Crippen LogP contribution >= 0.6 is 0 Å². The minimum Gasteiger partial charge on any atom is -0.324 e. The quantitative estimate of drug-likeness (QED) is 0.634. The van der Waals surface area contributed by atoms with Gasteiger partial charge in [-0.2, -0.15) is 5.10 Å². The first kappa shape index (κ1) is 22.4. The molecule has 1 heterocycles. The summed E-state index contributed by atoms with van der Waals surface area (Å²) in [5.41, 5.74) is 3.15. The van der Waals surface area contributed by atoms with Gasteiger partial charge in [-0.1, -0.05) is 32.0 Å². The third-order valence-electron chi connectivity index (χ3n) is 5.06. The first-order valence-electron chi connectivity index (χ1n) is 9.88. The van der Waals surface area contributed by atoms with Crippen molar-refractivity contribution in [2.45, 2.75) is 50.1 Å². The second-order valence-electron chi connectivity index (χ2n) is 7.74. The highest BCUT2D eigenvalue weighted by Gasteiger charge is 2.21. The Hall–Kier alpha value is -3.26. The van der Waals surface area contributed by atoms with Crippen molar-refractivity contribution >= 4 is 21.4 Å². The van der Waals surface area contributed by atoms with Gasteiger partial charge in [0.1, 0.15) is 6.54 Å². The fourth-order valence-corrected chi connectivity index (χ4v) is 4.18. The van der Waals surface area contributed by atoms with Crippen LogP contribution in [0.15, 0.2) is 69.3 Å². The van der Waals surface area contributed by atoms with Crippen LogP contribution in [0, 0.1) is 13.8 Å². The minimum atomic E-state index is -3.93. The third kappa shape index (κ3) is 5.08. The first-order valence-corrected chi connectivity index (χ1v) is 11.4. The van der Waals surface area contributed by atoms with Crippen molar-refractivity contribution in [2.75, 3.05) is 5.32 Å². The highest BCUT2D eigenvalue weighted by Crippen LogP contribution is 2.21. The number of aryl methyl sites for hydroxylation is 2. The van der Waals surface area contributed by atoms with Gasteiger partial charge in [0, 0.05) is 11.8 Å². The van der Waals surface area contributed by atoms with Gasteiger partial charge < -0.3 is 5.32 Å². The molecule has 8 heteroatoms. The van der Waals surface area contributed by atoms with Crippen LogP contribution in [0.4, 0.5) is 5.69 Å². The molecule has 162 valence electrons. The summed E-state index contributed by atoms with van der Waals surface area (Å²) < 4.78 is 26.7. The molecule has 2 aromatic carbocycles. The smallest absolute Gasteiger partial charge is 0.267 e. The van der Waals surface area contributed by atoms with E-state index in [1.807, 2.05) is 39.8 Å². The first-order chi connectivity index (χ1) is 14.6. The Morgan fingerprint density at radius 3 is 2.29 bits per heavy atom. The topological polar surface area (TPSA) is 98.1 Å². The molecule has 0 aliphatic heterocycles. The van der Waals surface area contributed by atoms with E-state index in [-0.39, 0.29) is 15.8 Å². The number of carbonyl (C=O) groups is 1. The second kappa shape index (κ2) is 8.85. The Morgan fingerprint density at radius 1 is 1.00 bits per heavy atom. The molecule has 1 N–H and O–H groups in total. The molecule has 0 radical (unpaired) electrons. The molecule has 3 rings (SSSR count). The molecule has 0 unspecified atom stereocenters. The molecule has 0 fully saturated rings. The van der Waals surface area contributed by atoms with Crippen molar-refractivity contribution < 1.29 is 13.2 Å². The molecule has 0 atom stereocenters. The van der Waals surface area contributed by atoms with Gasteiger partial charge in [-0.25, -0.2) is 13.1 Å². The highest BCUT2D eigenvalue weighted by atomic mass is 32.2. The van der Waals surface area contributed by atoms with Crippen LogP contribution in [-0.4, -0.2) is 24.1 Å². The number of nitrogens with one attached hydrogen (secondary N) is 1. The van der Waals surface area contributed by atoms with Gasteiger partial charge in [-0.15, -0.1) is 0 Å². The number of aromatic nitrogens is 2. The summed E-state index contributed by atoms with van der Waals surface area (Å²) >= 11 is 0. The zero-order chi connectivity index (χ0) is 22.8. The van der Waals surface area contributed by atoms with Crippen LogP contribution < -0.4 is 10.9 Å². The number of sulfone groups is 1. The van der Waals surface area contributed by atoms with Crippen molar-refractivity contribution in [3.05, 3.63) is 81.6 Å². The van der Waals surface area contributed by atoms with Crippen molar-refractivity contribution in [1.82, 2.24) is 9.78 Å². The van der Waals surface area contributed by atoms with E-state index in [1.54, 1.807) is 18.2 Å². The average Bonchev–Trinajstić information content (AvgIpc) is 2.72. The summed E-state index contributed by atoms with van der Waals surface area (Å²) in [6.45, 7) is 7.53. The molecule has 0 spiro atoms. The number of hydrogen-bond donors (Lipinski definition) is 1.